The minimum absolute atomic E-state index is 0.00116. The molecule has 0 aromatic heterocycles. The first kappa shape index (κ1) is 18.2. The van der Waals surface area contributed by atoms with Crippen LogP contribution in [0.15, 0.2) is 12.1 Å². The Morgan fingerprint density at radius 1 is 1.24 bits per heavy atom. The van der Waals surface area contributed by atoms with Gasteiger partial charge in [0.15, 0.2) is 0 Å². The molecule has 0 unspecified atom stereocenters. The topological polar surface area (TPSA) is 71.0 Å². The fourth-order valence-corrected chi connectivity index (χ4v) is 3.24. The van der Waals surface area contributed by atoms with Gasteiger partial charge < -0.3 is 24.6 Å². The van der Waals surface area contributed by atoms with Crippen LogP contribution in [0.2, 0.25) is 0 Å². The number of anilines is 1. The van der Waals surface area contributed by atoms with E-state index in [0.29, 0.717) is 25.2 Å². The molecule has 0 saturated carbocycles. The molecule has 136 valence electrons. The molecule has 0 bridgehead atoms. The third-order valence-corrected chi connectivity index (χ3v) is 5.44. The van der Waals surface area contributed by atoms with Gasteiger partial charge in [-0.15, -0.1) is 0 Å². The van der Waals surface area contributed by atoms with Crippen LogP contribution in [0.4, 0.5) is 5.69 Å². The van der Waals surface area contributed by atoms with Crippen molar-refractivity contribution in [2.75, 3.05) is 25.0 Å². The number of nitrogens with zero attached hydrogens (tertiary/aromatic N) is 1. The van der Waals surface area contributed by atoms with Gasteiger partial charge in [-0.3, -0.25) is 4.79 Å². The van der Waals surface area contributed by atoms with E-state index in [2.05, 4.69) is 5.32 Å². The Bertz CT molecular complexity index is 674. The minimum atomic E-state index is -0.476. The zero-order valence-corrected chi connectivity index (χ0v) is 15.7. The van der Waals surface area contributed by atoms with E-state index >= 15 is 0 Å². The molecule has 0 aliphatic carbocycles. The van der Waals surface area contributed by atoms with E-state index in [1.54, 1.807) is 0 Å². The largest absolute Gasteiger partial charge is 0.494 e. The number of rotatable bonds is 5. The SMILES string of the molecule is CCN1Cc2cc(B3OC(C)(C)C(C)(C)O3)cc(NCCO)c2C1=O. The number of benzene rings is 1. The zero-order valence-electron chi connectivity index (χ0n) is 15.7. The van der Waals surface area contributed by atoms with Crippen molar-refractivity contribution >= 4 is 24.2 Å². The highest BCUT2D eigenvalue weighted by atomic mass is 16.7. The zero-order chi connectivity index (χ0) is 18.4. The number of hydrogen-bond acceptors (Lipinski definition) is 5. The molecular formula is C18H27BN2O4. The Morgan fingerprint density at radius 2 is 1.88 bits per heavy atom. The summed E-state index contributed by atoms with van der Waals surface area (Å²) in [5, 5.41) is 12.3. The summed E-state index contributed by atoms with van der Waals surface area (Å²) in [6.07, 6.45) is 0. The summed E-state index contributed by atoms with van der Waals surface area (Å²) in [5.74, 6) is 0.0263. The van der Waals surface area contributed by atoms with Crippen LogP contribution in [0, 0.1) is 0 Å². The molecule has 0 atom stereocenters. The van der Waals surface area contributed by atoms with Crippen LogP contribution in [0.3, 0.4) is 0 Å². The van der Waals surface area contributed by atoms with E-state index in [9.17, 15) is 4.79 Å². The van der Waals surface area contributed by atoms with Gasteiger partial charge in [-0.05, 0) is 51.7 Å². The molecule has 1 saturated heterocycles. The lowest BCUT2D eigenvalue weighted by molar-refractivity contribution is 0.00578. The summed E-state index contributed by atoms with van der Waals surface area (Å²) >= 11 is 0. The summed E-state index contributed by atoms with van der Waals surface area (Å²) in [4.78, 5) is 14.4. The number of aliphatic hydroxyl groups is 1. The second kappa shape index (κ2) is 6.30. The normalized spacial score (nSPS) is 21.0. The van der Waals surface area contributed by atoms with Gasteiger partial charge in [0.25, 0.3) is 5.91 Å². The van der Waals surface area contributed by atoms with Crippen molar-refractivity contribution in [3.8, 4) is 0 Å². The third-order valence-electron chi connectivity index (χ3n) is 5.44. The molecule has 6 nitrogen and oxygen atoms in total. The molecule has 2 N–H and O–H groups in total. The van der Waals surface area contributed by atoms with Crippen molar-refractivity contribution in [3.63, 3.8) is 0 Å². The van der Waals surface area contributed by atoms with Crippen LogP contribution < -0.4 is 10.8 Å². The molecule has 2 heterocycles. The van der Waals surface area contributed by atoms with Gasteiger partial charge in [0.05, 0.1) is 23.4 Å². The third kappa shape index (κ3) is 3.05. The fourth-order valence-electron chi connectivity index (χ4n) is 3.24. The standard InChI is InChI=1S/C18H27BN2O4/c1-6-21-11-12-9-13(19-24-17(2,3)18(4,5)25-19)10-14(20-7-8-22)15(12)16(21)23/h9-10,20,22H,6-8,11H2,1-5H3. The van der Waals surface area contributed by atoms with Gasteiger partial charge >= 0.3 is 7.12 Å². The van der Waals surface area contributed by atoms with Gasteiger partial charge in [-0.2, -0.15) is 0 Å². The molecule has 1 aromatic rings. The Morgan fingerprint density at radius 3 is 2.44 bits per heavy atom. The van der Waals surface area contributed by atoms with Crippen LogP contribution in [-0.4, -0.2) is 53.9 Å². The molecule has 7 heteroatoms. The number of amides is 1. The van der Waals surface area contributed by atoms with Crippen molar-refractivity contribution < 1.29 is 19.2 Å². The van der Waals surface area contributed by atoms with Crippen LogP contribution in [0.1, 0.15) is 50.5 Å². The molecule has 1 aromatic carbocycles. The first-order valence-electron chi connectivity index (χ1n) is 8.86. The quantitative estimate of drug-likeness (QED) is 0.788. The minimum Gasteiger partial charge on any atom is -0.399 e. The Hall–Kier alpha value is -1.57. The van der Waals surface area contributed by atoms with Crippen LogP contribution in [0.5, 0.6) is 0 Å². The lowest BCUT2D eigenvalue weighted by Gasteiger charge is -2.32. The molecule has 25 heavy (non-hydrogen) atoms. The first-order chi connectivity index (χ1) is 11.7. The van der Waals surface area contributed by atoms with Crippen LogP contribution >= 0.6 is 0 Å². The summed E-state index contributed by atoms with van der Waals surface area (Å²) in [6.45, 7) is 11.7. The smallest absolute Gasteiger partial charge is 0.399 e. The van der Waals surface area contributed by atoms with E-state index in [1.165, 1.54) is 0 Å². The predicted octanol–water partition coefficient (Wildman–Crippen LogP) is 1.37. The highest BCUT2D eigenvalue weighted by Gasteiger charge is 2.52. The lowest BCUT2D eigenvalue weighted by atomic mass is 9.77. The van der Waals surface area contributed by atoms with Crippen molar-refractivity contribution in [2.24, 2.45) is 0 Å². The van der Waals surface area contributed by atoms with Crippen molar-refractivity contribution in [2.45, 2.75) is 52.4 Å². The summed E-state index contributed by atoms with van der Waals surface area (Å²) in [5.41, 5.74) is 2.46. The number of nitrogens with one attached hydrogen (secondary N) is 1. The highest BCUT2D eigenvalue weighted by Crippen LogP contribution is 2.37. The number of hydrogen-bond donors (Lipinski definition) is 2. The maximum absolute atomic E-state index is 12.6. The number of aliphatic hydroxyl groups excluding tert-OH is 1. The second-order valence-corrected chi connectivity index (χ2v) is 7.66. The first-order valence-corrected chi connectivity index (χ1v) is 8.86. The van der Waals surface area contributed by atoms with Gasteiger partial charge in [0.1, 0.15) is 0 Å². The molecule has 0 spiro atoms. The lowest BCUT2D eigenvalue weighted by Crippen LogP contribution is -2.41. The number of fused-ring (bicyclic) bond motifs is 1. The second-order valence-electron chi connectivity index (χ2n) is 7.66. The van der Waals surface area contributed by atoms with Crippen molar-refractivity contribution in [1.29, 1.82) is 0 Å². The fraction of sp³-hybridized carbons (Fsp3) is 0.611. The average molecular weight is 346 g/mol. The Kier molecular flexibility index (Phi) is 4.60. The van der Waals surface area contributed by atoms with Gasteiger partial charge in [-0.1, -0.05) is 6.07 Å². The van der Waals surface area contributed by atoms with Gasteiger partial charge in [0.2, 0.25) is 0 Å². The maximum atomic E-state index is 12.6. The Labute approximate surface area is 149 Å². The highest BCUT2D eigenvalue weighted by molar-refractivity contribution is 6.62. The van der Waals surface area contributed by atoms with Gasteiger partial charge in [0, 0.05) is 25.3 Å². The average Bonchev–Trinajstić information content (AvgIpc) is 2.98. The van der Waals surface area contributed by atoms with Gasteiger partial charge in [-0.25, -0.2) is 0 Å². The van der Waals surface area contributed by atoms with Crippen molar-refractivity contribution in [3.05, 3.63) is 23.3 Å². The number of carbonyl (C=O) groups excluding carboxylic acids is 1. The Balaban J connectivity index is 1.99. The molecule has 1 fully saturated rings. The van der Waals surface area contributed by atoms with Crippen LogP contribution in [0.25, 0.3) is 0 Å². The molecule has 2 aliphatic heterocycles. The summed E-state index contributed by atoms with van der Waals surface area (Å²) < 4.78 is 12.3. The number of carbonyl (C=O) groups is 1. The van der Waals surface area contributed by atoms with E-state index in [1.807, 2.05) is 51.7 Å². The van der Waals surface area contributed by atoms with E-state index in [0.717, 1.165) is 16.7 Å². The summed E-state index contributed by atoms with van der Waals surface area (Å²) in [6, 6.07) is 3.92. The van der Waals surface area contributed by atoms with E-state index < -0.39 is 18.3 Å². The molecule has 1 amide bonds. The predicted molar refractivity (Wildman–Crippen MR) is 98.1 cm³/mol. The summed E-state index contributed by atoms with van der Waals surface area (Å²) in [7, 11) is -0.476. The van der Waals surface area contributed by atoms with Crippen LogP contribution in [-0.2, 0) is 15.9 Å². The molecule has 3 rings (SSSR count). The van der Waals surface area contributed by atoms with E-state index in [4.69, 9.17) is 14.4 Å². The molecule has 2 aliphatic rings. The van der Waals surface area contributed by atoms with E-state index in [-0.39, 0.29) is 12.5 Å². The molecular weight excluding hydrogens is 319 g/mol. The molecule has 0 radical (unpaired) electrons. The van der Waals surface area contributed by atoms with Crippen molar-refractivity contribution in [1.82, 2.24) is 4.90 Å². The maximum Gasteiger partial charge on any atom is 0.494 e. The monoisotopic (exact) mass is 346 g/mol.